The van der Waals surface area contributed by atoms with E-state index in [9.17, 15) is 0 Å². The van der Waals surface area contributed by atoms with E-state index < -0.39 is 34.5 Å². The number of hydrogen-bond donors (Lipinski definition) is 1. The Labute approximate surface area is 191 Å². The van der Waals surface area contributed by atoms with Crippen molar-refractivity contribution in [3.8, 4) is 0 Å². The Kier molecular flexibility index (Phi) is 29.4. The Bertz CT molecular complexity index is 280. The van der Waals surface area contributed by atoms with Gasteiger partial charge in [0.15, 0.2) is 17.4 Å². The molecule has 0 N–H and O–H groups in total. The largest absolute Gasteiger partial charge is 0.437 e. The van der Waals surface area contributed by atoms with Crippen molar-refractivity contribution in [2.24, 2.45) is 0 Å². The Morgan fingerprint density at radius 3 is 1.54 bits per heavy atom. The summed E-state index contributed by atoms with van der Waals surface area (Å²) in [5, 5.41) is 0. The smallest absolute Gasteiger partial charge is 0.315 e. The van der Waals surface area contributed by atoms with E-state index in [-0.39, 0.29) is 62.4 Å². The molecule has 1 atom stereocenters. The van der Waals surface area contributed by atoms with Crippen molar-refractivity contribution in [2.75, 3.05) is 5.75 Å². The second-order valence-electron chi connectivity index (χ2n) is 6.69. The molecule has 2 radical (unpaired) electrons. The standard InChI is InChI=1S/C11H31O3SSi4.4CH4.Y/c1-16(2)12-19(8,11-9-10-15)14-18(6,7)13-17(3,4)5;;;;;/h15H,9-11H2,1-8H3;4*1H4;. The monoisotopic (exact) mass is 508 g/mol. The van der Waals surface area contributed by atoms with E-state index >= 15 is 0 Å². The molecule has 0 bridgehead atoms. The van der Waals surface area contributed by atoms with Gasteiger partial charge in [-0.25, -0.2) is 0 Å². The van der Waals surface area contributed by atoms with E-state index in [1.54, 1.807) is 0 Å². The zero-order valence-electron chi connectivity index (χ0n) is 14.4. The van der Waals surface area contributed by atoms with Gasteiger partial charge in [-0.2, -0.15) is 12.6 Å². The molecule has 0 saturated heterocycles. The van der Waals surface area contributed by atoms with Crippen LogP contribution in [0.1, 0.15) is 36.1 Å². The molecule has 0 saturated carbocycles. The van der Waals surface area contributed by atoms with Gasteiger partial charge < -0.3 is 12.3 Å². The summed E-state index contributed by atoms with van der Waals surface area (Å²) in [7, 11) is -6.53. The van der Waals surface area contributed by atoms with E-state index in [0.717, 1.165) is 18.2 Å². The van der Waals surface area contributed by atoms with Crippen LogP contribution in [0.2, 0.25) is 58.4 Å². The third kappa shape index (κ3) is 22.2. The summed E-state index contributed by atoms with van der Waals surface area (Å²) in [4.78, 5) is 0. The third-order valence-corrected chi connectivity index (χ3v) is 15.3. The maximum atomic E-state index is 6.47. The van der Waals surface area contributed by atoms with E-state index in [4.69, 9.17) is 12.3 Å². The fourth-order valence-corrected chi connectivity index (χ4v) is 18.9. The van der Waals surface area contributed by atoms with E-state index in [1.807, 2.05) is 0 Å². The summed E-state index contributed by atoms with van der Waals surface area (Å²) < 4.78 is 19.0. The van der Waals surface area contributed by atoms with Crippen LogP contribution in [-0.4, -0.2) is 40.2 Å². The average molecular weight is 509 g/mol. The van der Waals surface area contributed by atoms with Gasteiger partial charge in [0, 0.05) is 32.7 Å². The zero-order chi connectivity index (χ0) is 15.3. The van der Waals surface area contributed by atoms with Crippen molar-refractivity contribution in [2.45, 2.75) is 94.5 Å². The summed E-state index contributed by atoms with van der Waals surface area (Å²) >= 11 is 4.31. The molecule has 3 nitrogen and oxygen atoms in total. The molecule has 9 heteroatoms. The number of thiol groups is 1. The minimum Gasteiger partial charge on any atom is -0.437 e. The second kappa shape index (κ2) is 17.3. The predicted molar refractivity (Wildman–Crippen MR) is 123 cm³/mol. The minimum atomic E-state index is -2.11. The number of rotatable bonds is 9. The summed E-state index contributed by atoms with van der Waals surface area (Å²) in [5.74, 6) is 0.891. The first kappa shape index (κ1) is 40.8. The molecule has 0 spiro atoms. The minimum absolute atomic E-state index is 0. The summed E-state index contributed by atoms with van der Waals surface area (Å²) in [6, 6.07) is 1.01. The summed E-state index contributed by atoms with van der Waals surface area (Å²) in [5.41, 5.74) is 0. The zero-order valence-corrected chi connectivity index (χ0v) is 22.1. The summed E-state index contributed by atoms with van der Waals surface area (Å²) in [6.07, 6.45) is 1.05. The maximum Gasteiger partial charge on any atom is 0.315 e. The molecule has 0 fully saturated rings. The first-order valence-corrected chi connectivity index (χ1v) is 18.7. The van der Waals surface area contributed by atoms with Crippen molar-refractivity contribution < 1.29 is 45.1 Å². The molecule has 0 aliphatic rings. The molecule has 0 aromatic rings. The van der Waals surface area contributed by atoms with Gasteiger partial charge >= 0.3 is 17.1 Å². The van der Waals surface area contributed by atoms with Gasteiger partial charge in [-0.3, -0.25) is 0 Å². The molecule has 0 aliphatic carbocycles. The Balaban J connectivity index is -0.000000162. The van der Waals surface area contributed by atoms with Crippen molar-refractivity contribution in [1.29, 1.82) is 0 Å². The molecule has 0 amide bonds. The van der Waals surface area contributed by atoms with Crippen LogP contribution in [0, 0.1) is 0 Å². The first-order chi connectivity index (χ1) is 8.39. The molecule has 0 rings (SSSR count). The van der Waals surface area contributed by atoms with Crippen molar-refractivity contribution in [1.82, 2.24) is 0 Å². The molecule has 24 heavy (non-hydrogen) atoms. The fraction of sp³-hybridized carbons (Fsp3) is 1.00. The van der Waals surface area contributed by atoms with Crippen LogP contribution in [0.4, 0.5) is 0 Å². The topological polar surface area (TPSA) is 27.7 Å². The number of hydrogen-bond acceptors (Lipinski definition) is 4. The Hall–Kier alpha value is 2.20. The predicted octanol–water partition coefficient (Wildman–Crippen LogP) is 6.76. The molecule has 150 valence electrons. The molecular formula is C15H47O3SSi4Y. The van der Waals surface area contributed by atoms with Gasteiger partial charge in [0.1, 0.15) is 0 Å². The molecule has 1 unspecified atom stereocenters. The van der Waals surface area contributed by atoms with Gasteiger partial charge in [0.05, 0.1) is 0 Å². The normalized spacial score (nSPS) is 13.2. The van der Waals surface area contributed by atoms with Gasteiger partial charge in [-0.05, 0) is 70.6 Å². The van der Waals surface area contributed by atoms with Crippen LogP contribution in [0.15, 0.2) is 0 Å². The van der Waals surface area contributed by atoms with Crippen molar-refractivity contribution >= 4 is 47.1 Å². The summed E-state index contributed by atoms with van der Waals surface area (Å²) in [6.45, 7) is 17.5. The maximum absolute atomic E-state index is 6.47. The Morgan fingerprint density at radius 2 is 1.25 bits per heavy atom. The fourth-order valence-electron chi connectivity index (χ4n) is 2.23. The van der Waals surface area contributed by atoms with E-state index in [1.165, 1.54) is 0 Å². The molecule has 0 aromatic heterocycles. The van der Waals surface area contributed by atoms with E-state index in [2.05, 4.69) is 65.0 Å². The SMILES string of the molecule is C.C.C.C.C[Si](C)O[Si](C)(CCCS)O[Si](C)(C)O[Si](C)(C)C.[Y]. The molecule has 0 aliphatic heterocycles. The van der Waals surface area contributed by atoms with Crippen LogP contribution < -0.4 is 0 Å². The first-order valence-electron chi connectivity index (χ1n) is 6.89. The van der Waals surface area contributed by atoms with Gasteiger partial charge in [0.25, 0.3) is 0 Å². The quantitative estimate of drug-likeness (QED) is 0.275. The van der Waals surface area contributed by atoms with Crippen LogP contribution in [0.3, 0.4) is 0 Å². The van der Waals surface area contributed by atoms with Gasteiger partial charge in [-0.15, -0.1) is 0 Å². The van der Waals surface area contributed by atoms with Crippen LogP contribution in [0.25, 0.3) is 0 Å². The van der Waals surface area contributed by atoms with Gasteiger partial charge in [0.2, 0.25) is 0 Å². The van der Waals surface area contributed by atoms with Crippen LogP contribution in [0.5, 0.6) is 0 Å². The van der Waals surface area contributed by atoms with Crippen LogP contribution in [-0.2, 0) is 45.1 Å². The molecular weight excluding hydrogens is 461 g/mol. The average Bonchev–Trinajstić information content (AvgIpc) is 2.07. The van der Waals surface area contributed by atoms with Crippen molar-refractivity contribution in [3.63, 3.8) is 0 Å². The van der Waals surface area contributed by atoms with E-state index in [0.29, 0.717) is 0 Å². The Morgan fingerprint density at radius 1 is 0.833 bits per heavy atom. The van der Waals surface area contributed by atoms with Gasteiger partial charge in [-0.1, -0.05) is 29.7 Å². The third-order valence-electron chi connectivity index (χ3n) is 2.22. The van der Waals surface area contributed by atoms with Crippen molar-refractivity contribution in [3.05, 3.63) is 0 Å². The molecule has 0 aromatic carbocycles. The second-order valence-corrected chi connectivity index (χ2v) is 21.2. The molecule has 0 heterocycles. The van der Waals surface area contributed by atoms with Crippen LogP contribution >= 0.6 is 12.6 Å².